The van der Waals surface area contributed by atoms with Crippen molar-refractivity contribution < 1.29 is 0 Å². The van der Waals surface area contributed by atoms with Gasteiger partial charge in [-0.15, -0.1) is 0 Å². The summed E-state index contributed by atoms with van der Waals surface area (Å²) >= 11 is 0. The molecule has 0 amide bonds. The average Bonchev–Trinajstić information content (AvgIpc) is 2.34. The fourth-order valence-electron chi connectivity index (χ4n) is 1.08. The molecule has 0 radical (unpaired) electrons. The van der Waals surface area contributed by atoms with Crippen molar-refractivity contribution in [2.45, 2.75) is 6.92 Å². The summed E-state index contributed by atoms with van der Waals surface area (Å²) in [5.41, 5.74) is 2.45. The summed E-state index contributed by atoms with van der Waals surface area (Å²) in [5.74, 6) is 0. The Morgan fingerprint density at radius 2 is 2.30 bits per heavy atom. The molecule has 0 aliphatic carbocycles. The van der Waals surface area contributed by atoms with Gasteiger partial charge in [-0.05, 0) is 18.6 Å². The van der Waals surface area contributed by atoms with Gasteiger partial charge in [0.15, 0.2) is 0 Å². The van der Waals surface area contributed by atoms with Gasteiger partial charge in [0.2, 0.25) is 0 Å². The normalized spacial score (nSPS) is 10.5. The highest BCUT2D eigenvalue weighted by Crippen LogP contribution is 2.07. The highest BCUT2D eigenvalue weighted by molar-refractivity contribution is 5.52. The van der Waals surface area contributed by atoms with Crippen molar-refractivity contribution >= 4 is 5.52 Å². The zero-order valence-corrected chi connectivity index (χ0v) is 5.78. The summed E-state index contributed by atoms with van der Waals surface area (Å²) < 4.78 is 2.06. The second-order valence-electron chi connectivity index (χ2n) is 2.37. The molecule has 0 bridgehead atoms. The highest BCUT2D eigenvalue weighted by Gasteiger charge is 1.93. The van der Waals surface area contributed by atoms with Gasteiger partial charge in [-0.25, -0.2) is 0 Å². The first-order chi connectivity index (χ1) is 4.88. The average molecular weight is 132 g/mol. The van der Waals surface area contributed by atoms with Gasteiger partial charge in [-0.1, -0.05) is 0 Å². The molecule has 50 valence electrons. The quantitative estimate of drug-likeness (QED) is 0.532. The van der Waals surface area contributed by atoms with E-state index in [1.807, 2.05) is 18.6 Å². The minimum Gasteiger partial charge on any atom is -0.321 e. The Balaban J connectivity index is 2.93. The van der Waals surface area contributed by atoms with Gasteiger partial charge in [-0.2, -0.15) is 0 Å². The zero-order chi connectivity index (χ0) is 6.97. The predicted octanol–water partition coefficient (Wildman–Crippen LogP) is 1.64. The van der Waals surface area contributed by atoms with Crippen LogP contribution in [0.3, 0.4) is 0 Å². The molecule has 0 aromatic carbocycles. The van der Waals surface area contributed by atoms with E-state index < -0.39 is 0 Å². The fourth-order valence-corrected chi connectivity index (χ4v) is 1.08. The van der Waals surface area contributed by atoms with Crippen molar-refractivity contribution in [2.75, 3.05) is 0 Å². The molecular formula is C8H8N2. The lowest BCUT2D eigenvalue weighted by Crippen LogP contribution is -1.81. The lowest BCUT2D eigenvalue weighted by molar-refractivity contribution is 1.14. The van der Waals surface area contributed by atoms with E-state index in [9.17, 15) is 0 Å². The third-order valence-electron chi connectivity index (χ3n) is 1.68. The van der Waals surface area contributed by atoms with Crippen LogP contribution in [0.2, 0.25) is 0 Å². The third kappa shape index (κ3) is 0.620. The van der Waals surface area contributed by atoms with Crippen LogP contribution in [0.15, 0.2) is 30.9 Å². The Kier molecular flexibility index (Phi) is 1.01. The maximum absolute atomic E-state index is 4.03. The predicted molar refractivity (Wildman–Crippen MR) is 39.9 cm³/mol. The monoisotopic (exact) mass is 132 g/mol. The molecule has 0 atom stereocenters. The number of fused-ring (bicyclic) bond motifs is 1. The number of aromatic nitrogens is 2. The Hall–Kier alpha value is -1.31. The molecule has 2 heteroatoms. The minimum atomic E-state index is 1.18. The largest absolute Gasteiger partial charge is 0.321 e. The Labute approximate surface area is 59.1 Å². The van der Waals surface area contributed by atoms with Crippen molar-refractivity contribution in [3.63, 3.8) is 0 Å². The first kappa shape index (κ1) is 5.47. The standard InChI is InChI=1S/C8H8N2/c1-7-2-4-10-5-3-9-6-8(7)10/h2-6H,1H3. The molecule has 2 aromatic rings. The van der Waals surface area contributed by atoms with E-state index in [4.69, 9.17) is 0 Å². The van der Waals surface area contributed by atoms with Crippen LogP contribution in [0.25, 0.3) is 5.52 Å². The Morgan fingerprint density at radius 3 is 3.10 bits per heavy atom. The van der Waals surface area contributed by atoms with Gasteiger partial charge in [0.05, 0.1) is 11.7 Å². The van der Waals surface area contributed by atoms with Crippen LogP contribution in [-0.4, -0.2) is 9.38 Å². The van der Waals surface area contributed by atoms with Crippen LogP contribution in [-0.2, 0) is 0 Å². The fraction of sp³-hybridized carbons (Fsp3) is 0.125. The van der Waals surface area contributed by atoms with Crippen LogP contribution in [0, 0.1) is 6.92 Å². The van der Waals surface area contributed by atoms with E-state index in [0.29, 0.717) is 0 Å². The van der Waals surface area contributed by atoms with E-state index in [2.05, 4.69) is 22.4 Å². The van der Waals surface area contributed by atoms with E-state index in [1.165, 1.54) is 11.1 Å². The Morgan fingerprint density at radius 1 is 1.40 bits per heavy atom. The lowest BCUT2D eigenvalue weighted by atomic mass is 10.3. The molecule has 10 heavy (non-hydrogen) atoms. The SMILES string of the molecule is Cc1ccn2ccncc12. The number of aryl methyl sites for hydroxylation is 1. The number of hydrogen-bond donors (Lipinski definition) is 0. The topological polar surface area (TPSA) is 17.3 Å². The van der Waals surface area contributed by atoms with Crippen molar-refractivity contribution in [3.05, 3.63) is 36.4 Å². The molecule has 0 aliphatic rings. The number of nitrogens with zero attached hydrogens (tertiary/aromatic N) is 2. The van der Waals surface area contributed by atoms with E-state index in [1.54, 1.807) is 6.20 Å². The van der Waals surface area contributed by atoms with Crippen LogP contribution in [0.5, 0.6) is 0 Å². The van der Waals surface area contributed by atoms with Crippen LogP contribution in [0.1, 0.15) is 5.56 Å². The van der Waals surface area contributed by atoms with Crippen molar-refractivity contribution in [1.82, 2.24) is 9.38 Å². The van der Waals surface area contributed by atoms with Crippen molar-refractivity contribution in [1.29, 1.82) is 0 Å². The first-order valence-corrected chi connectivity index (χ1v) is 3.25. The molecule has 2 nitrogen and oxygen atoms in total. The molecule has 0 saturated heterocycles. The molecule has 0 spiro atoms. The number of rotatable bonds is 0. The van der Waals surface area contributed by atoms with Gasteiger partial charge in [0.25, 0.3) is 0 Å². The highest BCUT2D eigenvalue weighted by atomic mass is 14.9. The molecule has 0 fully saturated rings. The van der Waals surface area contributed by atoms with Crippen LogP contribution in [0.4, 0.5) is 0 Å². The van der Waals surface area contributed by atoms with Gasteiger partial charge in [0, 0.05) is 18.6 Å². The second-order valence-corrected chi connectivity index (χ2v) is 2.37. The maximum atomic E-state index is 4.03. The lowest BCUT2D eigenvalue weighted by Gasteiger charge is -1.91. The summed E-state index contributed by atoms with van der Waals surface area (Å²) in [4.78, 5) is 4.03. The minimum absolute atomic E-state index is 1.18. The molecule has 2 rings (SSSR count). The molecular weight excluding hydrogens is 124 g/mol. The molecule has 0 N–H and O–H groups in total. The van der Waals surface area contributed by atoms with Crippen LogP contribution >= 0.6 is 0 Å². The summed E-state index contributed by atoms with van der Waals surface area (Å²) in [6, 6.07) is 2.08. The Bertz CT molecular complexity index is 349. The van der Waals surface area contributed by atoms with Crippen molar-refractivity contribution in [2.24, 2.45) is 0 Å². The summed E-state index contributed by atoms with van der Waals surface area (Å²) in [7, 11) is 0. The van der Waals surface area contributed by atoms with Gasteiger partial charge in [-0.3, -0.25) is 4.98 Å². The zero-order valence-electron chi connectivity index (χ0n) is 5.78. The smallest absolute Gasteiger partial charge is 0.0663 e. The molecule has 2 heterocycles. The van der Waals surface area contributed by atoms with E-state index in [0.717, 1.165) is 0 Å². The summed E-state index contributed by atoms with van der Waals surface area (Å²) in [6.45, 7) is 2.08. The van der Waals surface area contributed by atoms with Gasteiger partial charge < -0.3 is 4.40 Å². The van der Waals surface area contributed by atoms with Gasteiger partial charge >= 0.3 is 0 Å². The van der Waals surface area contributed by atoms with Crippen LogP contribution < -0.4 is 0 Å². The molecule has 0 aliphatic heterocycles. The second kappa shape index (κ2) is 1.84. The molecule has 0 saturated carbocycles. The third-order valence-corrected chi connectivity index (χ3v) is 1.68. The summed E-state index contributed by atoms with van der Waals surface area (Å²) in [6.07, 6.45) is 7.64. The molecule has 2 aromatic heterocycles. The van der Waals surface area contributed by atoms with E-state index in [-0.39, 0.29) is 0 Å². The number of hydrogen-bond acceptors (Lipinski definition) is 1. The van der Waals surface area contributed by atoms with E-state index >= 15 is 0 Å². The first-order valence-electron chi connectivity index (χ1n) is 3.25. The summed E-state index contributed by atoms with van der Waals surface area (Å²) in [5, 5.41) is 0. The van der Waals surface area contributed by atoms with Crippen molar-refractivity contribution in [3.8, 4) is 0 Å². The maximum Gasteiger partial charge on any atom is 0.0663 e. The van der Waals surface area contributed by atoms with Gasteiger partial charge in [0.1, 0.15) is 0 Å². The molecule has 0 unspecified atom stereocenters.